The van der Waals surface area contributed by atoms with Gasteiger partial charge in [0.25, 0.3) is 0 Å². The van der Waals surface area contributed by atoms with Crippen LogP contribution in [0.25, 0.3) is 0 Å². The molecular formula is C21H23NO5. The Labute approximate surface area is 157 Å². The van der Waals surface area contributed by atoms with E-state index in [2.05, 4.69) is 4.98 Å². The Morgan fingerprint density at radius 3 is 2.52 bits per heavy atom. The number of benzene rings is 1. The van der Waals surface area contributed by atoms with Crippen molar-refractivity contribution in [2.24, 2.45) is 0 Å². The highest BCUT2D eigenvalue weighted by Crippen LogP contribution is 2.23. The standard InChI is InChI=1S/C21H23NO5/c1-4-26-20(24)18-12(2)19(22-13(18)3)21(25)27-11-17(23)16-9-8-14-6-5-7-15(14)10-16/h8-10,22H,4-7,11H2,1-3H3. The molecule has 0 saturated carbocycles. The van der Waals surface area contributed by atoms with Gasteiger partial charge in [0.15, 0.2) is 12.4 Å². The first-order valence-corrected chi connectivity index (χ1v) is 9.10. The summed E-state index contributed by atoms with van der Waals surface area (Å²) in [6, 6.07) is 5.64. The number of aryl methyl sites for hydroxylation is 3. The van der Waals surface area contributed by atoms with E-state index < -0.39 is 11.9 Å². The number of nitrogens with one attached hydrogen (secondary N) is 1. The number of carbonyl (C=O) groups excluding carboxylic acids is 3. The fourth-order valence-corrected chi connectivity index (χ4v) is 3.50. The van der Waals surface area contributed by atoms with E-state index in [9.17, 15) is 14.4 Å². The molecule has 0 radical (unpaired) electrons. The molecule has 1 heterocycles. The molecule has 1 N–H and O–H groups in total. The van der Waals surface area contributed by atoms with Crippen LogP contribution in [-0.2, 0) is 22.3 Å². The van der Waals surface area contributed by atoms with Crippen LogP contribution in [0.5, 0.6) is 0 Å². The van der Waals surface area contributed by atoms with Gasteiger partial charge in [-0.2, -0.15) is 0 Å². The highest BCUT2D eigenvalue weighted by atomic mass is 16.5. The first-order valence-electron chi connectivity index (χ1n) is 9.10. The zero-order valence-electron chi connectivity index (χ0n) is 15.8. The molecule has 6 heteroatoms. The highest BCUT2D eigenvalue weighted by molar-refractivity contribution is 6.01. The van der Waals surface area contributed by atoms with Crippen molar-refractivity contribution in [3.63, 3.8) is 0 Å². The van der Waals surface area contributed by atoms with E-state index in [4.69, 9.17) is 9.47 Å². The monoisotopic (exact) mass is 369 g/mol. The second-order valence-corrected chi connectivity index (χ2v) is 6.68. The lowest BCUT2D eigenvalue weighted by Gasteiger charge is -2.06. The Morgan fingerprint density at radius 1 is 1.04 bits per heavy atom. The van der Waals surface area contributed by atoms with Crippen molar-refractivity contribution in [1.82, 2.24) is 4.98 Å². The predicted octanol–water partition coefficient (Wildman–Crippen LogP) is 3.34. The van der Waals surface area contributed by atoms with Crippen LogP contribution in [0.2, 0.25) is 0 Å². The SMILES string of the molecule is CCOC(=O)c1c(C)[nH]c(C(=O)OCC(=O)c2ccc3c(c2)CCC3)c1C. The molecule has 1 aromatic heterocycles. The van der Waals surface area contributed by atoms with E-state index in [0.717, 1.165) is 19.3 Å². The zero-order chi connectivity index (χ0) is 19.6. The molecule has 0 saturated heterocycles. The summed E-state index contributed by atoms with van der Waals surface area (Å²) in [5.74, 6) is -1.40. The number of fused-ring (bicyclic) bond motifs is 1. The molecule has 3 rings (SSSR count). The Bertz CT molecular complexity index is 910. The molecule has 0 atom stereocenters. The van der Waals surface area contributed by atoms with Gasteiger partial charge < -0.3 is 14.5 Å². The zero-order valence-corrected chi connectivity index (χ0v) is 15.8. The van der Waals surface area contributed by atoms with Crippen LogP contribution in [0.1, 0.15) is 66.9 Å². The van der Waals surface area contributed by atoms with Crippen LogP contribution in [0.3, 0.4) is 0 Å². The van der Waals surface area contributed by atoms with Crippen molar-refractivity contribution >= 4 is 17.7 Å². The maximum absolute atomic E-state index is 12.4. The van der Waals surface area contributed by atoms with Gasteiger partial charge in [0, 0.05) is 11.3 Å². The number of esters is 2. The predicted molar refractivity (Wildman–Crippen MR) is 99.3 cm³/mol. The topological polar surface area (TPSA) is 85.5 Å². The maximum Gasteiger partial charge on any atom is 0.355 e. The first-order chi connectivity index (χ1) is 12.9. The van der Waals surface area contributed by atoms with Crippen molar-refractivity contribution in [3.05, 3.63) is 57.4 Å². The summed E-state index contributed by atoms with van der Waals surface area (Å²) < 4.78 is 10.2. The number of ether oxygens (including phenoxy) is 2. The van der Waals surface area contributed by atoms with Crippen molar-refractivity contribution in [2.45, 2.75) is 40.0 Å². The average molecular weight is 369 g/mol. The van der Waals surface area contributed by atoms with E-state index in [1.807, 2.05) is 12.1 Å². The van der Waals surface area contributed by atoms with E-state index in [1.165, 1.54) is 11.1 Å². The fraction of sp³-hybridized carbons (Fsp3) is 0.381. The quantitative estimate of drug-likeness (QED) is 0.623. The van der Waals surface area contributed by atoms with Gasteiger partial charge in [-0.1, -0.05) is 12.1 Å². The van der Waals surface area contributed by atoms with Crippen molar-refractivity contribution in [1.29, 1.82) is 0 Å². The molecule has 0 unspecified atom stereocenters. The average Bonchev–Trinajstić information content (AvgIpc) is 3.22. The largest absolute Gasteiger partial charge is 0.462 e. The number of aromatic nitrogens is 1. The summed E-state index contributed by atoms with van der Waals surface area (Å²) in [6.07, 6.45) is 3.14. The Kier molecular flexibility index (Phi) is 5.44. The molecular weight excluding hydrogens is 346 g/mol. The number of H-pyrrole nitrogens is 1. The third-order valence-corrected chi connectivity index (χ3v) is 4.88. The van der Waals surface area contributed by atoms with Gasteiger partial charge in [-0.15, -0.1) is 0 Å². The van der Waals surface area contributed by atoms with Crippen LogP contribution in [0.4, 0.5) is 0 Å². The molecule has 0 aliphatic heterocycles. The lowest BCUT2D eigenvalue weighted by Crippen LogP contribution is -2.15. The Morgan fingerprint density at radius 2 is 1.78 bits per heavy atom. The van der Waals surface area contributed by atoms with Gasteiger partial charge in [-0.05, 0) is 62.8 Å². The summed E-state index contributed by atoms with van der Waals surface area (Å²) in [4.78, 5) is 39.6. The van der Waals surface area contributed by atoms with Crippen molar-refractivity contribution in [3.8, 4) is 0 Å². The summed E-state index contributed by atoms with van der Waals surface area (Å²) in [5, 5.41) is 0. The third kappa shape index (κ3) is 3.79. The van der Waals surface area contributed by atoms with Gasteiger partial charge in [-0.25, -0.2) is 9.59 Å². The number of aromatic amines is 1. The number of carbonyl (C=O) groups is 3. The fourth-order valence-electron chi connectivity index (χ4n) is 3.50. The number of hydrogen-bond donors (Lipinski definition) is 1. The minimum absolute atomic E-state index is 0.164. The molecule has 1 aliphatic rings. The highest BCUT2D eigenvalue weighted by Gasteiger charge is 2.24. The second kappa shape index (κ2) is 7.78. The smallest absolute Gasteiger partial charge is 0.355 e. The van der Waals surface area contributed by atoms with E-state index >= 15 is 0 Å². The minimum Gasteiger partial charge on any atom is -0.462 e. The van der Waals surface area contributed by atoms with Crippen LogP contribution in [0, 0.1) is 13.8 Å². The maximum atomic E-state index is 12.4. The Balaban J connectivity index is 1.68. The molecule has 1 aliphatic carbocycles. The molecule has 6 nitrogen and oxygen atoms in total. The molecule has 142 valence electrons. The summed E-state index contributed by atoms with van der Waals surface area (Å²) in [6.45, 7) is 4.96. The molecule has 0 spiro atoms. The van der Waals surface area contributed by atoms with Gasteiger partial charge in [0.2, 0.25) is 0 Å². The van der Waals surface area contributed by atoms with Gasteiger partial charge in [-0.3, -0.25) is 4.79 Å². The normalized spacial score (nSPS) is 12.6. The summed E-state index contributed by atoms with van der Waals surface area (Å²) >= 11 is 0. The summed E-state index contributed by atoms with van der Waals surface area (Å²) in [5.41, 5.74) is 4.51. The minimum atomic E-state index is -0.666. The Hall–Kier alpha value is -2.89. The van der Waals surface area contributed by atoms with Crippen molar-refractivity contribution in [2.75, 3.05) is 13.2 Å². The van der Waals surface area contributed by atoms with E-state index in [0.29, 0.717) is 22.4 Å². The van der Waals surface area contributed by atoms with Crippen LogP contribution in [0.15, 0.2) is 18.2 Å². The lowest BCUT2D eigenvalue weighted by molar-refractivity contribution is 0.0468. The lowest BCUT2D eigenvalue weighted by atomic mass is 10.0. The molecule has 1 aromatic carbocycles. The van der Waals surface area contributed by atoms with E-state index in [1.54, 1.807) is 26.8 Å². The molecule has 2 aromatic rings. The van der Waals surface area contributed by atoms with E-state index in [-0.39, 0.29) is 24.7 Å². The number of hydrogen-bond acceptors (Lipinski definition) is 5. The van der Waals surface area contributed by atoms with Crippen LogP contribution in [-0.4, -0.2) is 35.9 Å². The first kappa shape index (κ1) is 18.9. The third-order valence-electron chi connectivity index (χ3n) is 4.88. The van der Waals surface area contributed by atoms with Crippen molar-refractivity contribution < 1.29 is 23.9 Å². The molecule has 0 bridgehead atoms. The number of Topliss-reactive ketones (excluding diaryl/α,β-unsaturated/α-hetero) is 1. The van der Waals surface area contributed by atoms with Gasteiger partial charge in [0.1, 0.15) is 5.69 Å². The molecule has 0 amide bonds. The molecule has 0 fully saturated rings. The van der Waals surface area contributed by atoms with Gasteiger partial charge in [0.05, 0.1) is 12.2 Å². The molecule has 27 heavy (non-hydrogen) atoms. The van der Waals surface area contributed by atoms with Crippen LogP contribution < -0.4 is 0 Å². The second-order valence-electron chi connectivity index (χ2n) is 6.68. The number of ketones is 1. The number of rotatable bonds is 6. The van der Waals surface area contributed by atoms with Crippen LogP contribution >= 0.6 is 0 Å². The summed E-state index contributed by atoms with van der Waals surface area (Å²) in [7, 11) is 0. The van der Waals surface area contributed by atoms with Gasteiger partial charge >= 0.3 is 11.9 Å².